The smallest absolute Gasteiger partial charge is 0.409 e. The second kappa shape index (κ2) is 7.44. The van der Waals surface area contributed by atoms with Gasteiger partial charge in [-0.25, -0.2) is 4.79 Å². The highest BCUT2D eigenvalue weighted by Crippen LogP contribution is 2.41. The van der Waals surface area contributed by atoms with Crippen LogP contribution in [0.5, 0.6) is 5.75 Å². The van der Waals surface area contributed by atoms with Gasteiger partial charge in [-0.3, -0.25) is 4.98 Å². The average Bonchev–Trinajstić information content (AvgIpc) is 3.19. The van der Waals surface area contributed by atoms with Crippen LogP contribution in [-0.4, -0.2) is 29.1 Å². The van der Waals surface area contributed by atoms with E-state index in [1.54, 1.807) is 4.90 Å². The highest BCUT2D eigenvalue weighted by atomic mass is 35.5. The number of aryl methyl sites for hydroxylation is 3. The summed E-state index contributed by atoms with van der Waals surface area (Å²) in [7, 11) is 0. The molecule has 1 aliphatic heterocycles. The van der Waals surface area contributed by atoms with E-state index in [0.717, 1.165) is 64.8 Å². The fourth-order valence-corrected chi connectivity index (χ4v) is 3.97. The van der Waals surface area contributed by atoms with Crippen LogP contribution in [0.2, 0.25) is 5.02 Å². The van der Waals surface area contributed by atoms with Crippen LogP contribution in [0.4, 0.5) is 4.79 Å². The lowest BCUT2D eigenvalue weighted by Crippen LogP contribution is -2.30. The Morgan fingerprint density at radius 3 is 2.50 bits per heavy atom. The quantitative estimate of drug-likeness (QED) is 0.529. The summed E-state index contributed by atoms with van der Waals surface area (Å²) < 4.78 is 6.02. The van der Waals surface area contributed by atoms with E-state index in [-0.39, 0.29) is 6.09 Å². The van der Waals surface area contributed by atoms with Gasteiger partial charge in [0, 0.05) is 34.8 Å². The van der Waals surface area contributed by atoms with Crippen LogP contribution in [0.15, 0.2) is 36.4 Å². The van der Waals surface area contributed by atoms with Crippen molar-refractivity contribution >= 4 is 28.6 Å². The van der Waals surface area contributed by atoms with Crippen LogP contribution in [0, 0.1) is 20.8 Å². The maximum atomic E-state index is 12.8. The van der Waals surface area contributed by atoms with Gasteiger partial charge < -0.3 is 9.64 Å². The minimum absolute atomic E-state index is 0.309. The molecule has 1 aliphatic rings. The van der Waals surface area contributed by atoms with Crippen LogP contribution in [0.25, 0.3) is 22.0 Å². The molecule has 1 aromatic heterocycles. The fraction of sp³-hybridized carbons (Fsp3) is 0.304. The molecule has 3 aromatic rings. The summed E-state index contributed by atoms with van der Waals surface area (Å²) in [5, 5.41) is 1.39. The van der Waals surface area contributed by atoms with Crippen molar-refractivity contribution in [3.63, 3.8) is 0 Å². The number of aromatic nitrogens is 1. The predicted molar refractivity (Wildman–Crippen MR) is 113 cm³/mol. The number of amides is 1. The maximum absolute atomic E-state index is 12.8. The largest absolute Gasteiger partial charge is 0.415 e. The number of fused-ring (bicyclic) bond motifs is 1. The number of nitrogens with zero attached hydrogens (tertiary/aromatic N) is 2. The Bertz CT molecular complexity index is 1070. The van der Waals surface area contributed by atoms with Crippen molar-refractivity contribution in [1.82, 2.24) is 9.88 Å². The Labute approximate surface area is 170 Å². The van der Waals surface area contributed by atoms with Crippen molar-refractivity contribution in [3.05, 3.63) is 58.2 Å². The van der Waals surface area contributed by atoms with Gasteiger partial charge in [0.2, 0.25) is 0 Å². The maximum Gasteiger partial charge on any atom is 0.415 e. The molecule has 1 saturated heterocycles. The van der Waals surface area contributed by atoms with Crippen molar-refractivity contribution in [2.24, 2.45) is 0 Å². The molecule has 0 bridgehead atoms. The van der Waals surface area contributed by atoms with Crippen molar-refractivity contribution in [3.8, 4) is 16.9 Å². The third-order valence-electron chi connectivity index (χ3n) is 5.37. The Balaban J connectivity index is 1.96. The van der Waals surface area contributed by atoms with Gasteiger partial charge in [0.1, 0.15) is 0 Å². The van der Waals surface area contributed by atoms with Crippen molar-refractivity contribution in [2.45, 2.75) is 33.6 Å². The standard InChI is InChI=1S/C23H23ClN2O2/c1-14-8-4-5-9-17(14)21-16(3)25-20-12-15(2)19(24)13-18(20)22(21)28-23(27)26-10-6-7-11-26/h4-5,8-9,12-13H,6-7,10-11H2,1-3H3. The van der Waals surface area contributed by atoms with E-state index in [1.165, 1.54) is 0 Å². The zero-order valence-electron chi connectivity index (χ0n) is 16.4. The number of ether oxygens (including phenoxy) is 1. The van der Waals surface area contributed by atoms with Gasteiger partial charge in [0.25, 0.3) is 0 Å². The lowest BCUT2D eigenvalue weighted by Gasteiger charge is -2.20. The number of hydrogen-bond donors (Lipinski definition) is 0. The minimum atomic E-state index is -0.309. The van der Waals surface area contributed by atoms with Crippen LogP contribution < -0.4 is 4.74 Å². The monoisotopic (exact) mass is 394 g/mol. The number of pyridine rings is 1. The van der Waals surface area contributed by atoms with E-state index < -0.39 is 0 Å². The Kier molecular flexibility index (Phi) is 4.98. The lowest BCUT2D eigenvalue weighted by atomic mass is 9.96. The number of hydrogen-bond acceptors (Lipinski definition) is 3. The summed E-state index contributed by atoms with van der Waals surface area (Å²) in [4.78, 5) is 19.4. The van der Waals surface area contributed by atoms with Crippen LogP contribution in [0.1, 0.15) is 29.7 Å². The molecule has 0 saturated carbocycles. The van der Waals surface area contributed by atoms with Crippen LogP contribution in [0.3, 0.4) is 0 Å². The summed E-state index contributed by atoms with van der Waals surface area (Å²) in [6, 6.07) is 11.9. The zero-order valence-corrected chi connectivity index (χ0v) is 17.1. The summed E-state index contributed by atoms with van der Waals surface area (Å²) in [5.41, 5.74) is 5.51. The normalized spacial score (nSPS) is 13.9. The fourth-order valence-electron chi connectivity index (χ4n) is 3.80. The first-order valence-corrected chi connectivity index (χ1v) is 9.96. The van der Waals surface area contributed by atoms with Crippen molar-refractivity contribution in [2.75, 3.05) is 13.1 Å². The SMILES string of the molecule is Cc1cc2nc(C)c(-c3ccccc3C)c(OC(=O)N3CCCC3)c2cc1Cl. The molecule has 0 N–H and O–H groups in total. The number of carbonyl (C=O) groups excluding carboxylic acids is 1. The van der Waals surface area contributed by atoms with E-state index in [0.29, 0.717) is 10.8 Å². The van der Waals surface area contributed by atoms with Gasteiger partial charge in [-0.05, 0) is 62.4 Å². The Morgan fingerprint density at radius 1 is 1.07 bits per heavy atom. The van der Waals surface area contributed by atoms with Gasteiger partial charge in [0.05, 0.1) is 5.52 Å². The molecule has 1 amide bonds. The Hall–Kier alpha value is -2.59. The molecule has 0 atom stereocenters. The molecule has 144 valence electrons. The predicted octanol–water partition coefficient (Wildman–Crippen LogP) is 6.08. The third-order valence-corrected chi connectivity index (χ3v) is 5.77. The van der Waals surface area contributed by atoms with Crippen LogP contribution >= 0.6 is 11.6 Å². The molecule has 0 spiro atoms. The number of rotatable bonds is 2. The van der Waals surface area contributed by atoms with Crippen LogP contribution in [-0.2, 0) is 0 Å². The summed E-state index contributed by atoms with van der Waals surface area (Å²) in [6.07, 6.45) is 1.72. The summed E-state index contributed by atoms with van der Waals surface area (Å²) in [6.45, 7) is 7.43. The lowest BCUT2D eigenvalue weighted by molar-refractivity contribution is 0.163. The summed E-state index contributed by atoms with van der Waals surface area (Å²) in [5.74, 6) is 0.538. The first kappa shape index (κ1) is 18.8. The average molecular weight is 395 g/mol. The third kappa shape index (κ3) is 3.33. The molecule has 2 heterocycles. The van der Waals surface area contributed by atoms with Crippen molar-refractivity contribution in [1.29, 1.82) is 0 Å². The van der Waals surface area contributed by atoms with Gasteiger partial charge in [-0.1, -0.05) is 35.9 Å². The molecule has 0 radical (unpaired) electrons. The molecular weight excluding hydrogens is 372 g/mol. The van der Waals surface area contributed by atoms with E-state index in [4.69, 9.17) is 21.3 Å². The molecule has 0 unspecified atom stereocenters. The molecular formula is C23H23ClN2O2. The number of carbonyl (C=O) groups is 1. The molecule has 4 nitrogen and oxygen atoms in total. The molecule has 2 aromatic carbocycles. The molecule has 4 rings (SSSR count). The highest BCUT2D eigenvalue weighted by molar-refractivity contribution is 6.32. The molecule has 5 heteroatoms. The zero-order chi connectivity index (χ0) is 19.8. The highest BCUT2D eigenvalue weighted by Gasteiger charge is 2.25. The van der Waals surface area contributed by atoms with E-state index in [1.807, 2.05) is 57.2 Å². The minimum Gasteiger partial charge on any atom is -0.409 e. The Morgan fingerprint density at radius 2 is 1.79 bits per heavy atom. The topological polar surface area (TPSA) is 42.4 Å². The van der Waals surface area contributed by atoms with Gasteiger partial charge in [0.15, 0.2) is 5.75 Å². The summed E-state index contributed by atoms with van der Waals surface area (Å²) >= 11 is 6.41. The van der Waals surface area contributed by atoms with Gasteiger partial charge >= 0.3 is 6.09 Å². The van der Waals surface area contributed by atoms with E-state index in [2.05, 4.69) is 0 Å². The second-order valence-corrected chi connectivity index (χ2v) is 7.80. The first-order chi connectivity index (χ1) is 13.5. The first-order valence-electron chi connectivity index (χ1n) is 9.59. The molecule has 1 fully saturated rings. The van der Waals surface area contributed by atoms with E-state index in [9.17, 15) is 4.79 Å². The van der Waals surface area contributed by atoms with Gasteiger partial charge in [-0.2, -0.15) is 0 Å². The van der Waals surface area contributed by atoms with Gasteiger partial charge in [-0.15, -0.1) is 0 Å². The second-order valence-electron chi connectivity index (χ2n) is 7.40. The molecule has 28 heavy (non-hydrogen) atoms. The number of benzene rings is 2. The van der Waals surface area contributed by atoms with E-state index >= 15 is 0 Å². The number of halogens is 1. The van der Waals surface area contributed by atoms with Crippen molar-refractivity contribution < 1.29 is 9.53 Å². The number of likely N-dealkylation sites (tertiary alicyclic amines) is 1. The molecule has 0 aliphatic carbocycles.